The van der Waals surface area contributed by atoms with Crippen LogP contribution in [-0.2, 0) is 0 Å². The Morgan fingerprint density at radius 3 is 2.07 bits per heavy atom. The minimum Gasteiger partial charge on any atom is -0.314 e. The van der Waals surface area contributed by atoms with Gasteiger partial charge in [0.2, 0.25) is 0 Å². The molecule has 92 valence electrons. The van der Waals surface area contributed by atoms with Crippen LogP contribution < -0.4 is 5.32 Å². The molecule has 0 fully saturated rings. The fourth-order valence-corrected chi connectivity index (χ4v) is 1.93. The highest BCUT2D eigenvalue weighted by molar-refractivity contribution is 4.64. The van der Waals surface area contributed by atoms with E-state index in [0.29, 0.717) is 0 Å². The van der Waals surface area contributed by atoms with E-state index >= 15 is 0 Å². The fourth-order valence-electron chi connectivity index (χ4n) is 1.93. The van der Waals surface area contributed by atoms with Crippen molar-refractivity contribution in [3.05, 3.63) is 0 Å². The van der Waals surface area contributed by atoms with Crippen molar-refractivity contribution in [2.24, 2.45) is 0 Å². The molecule has 0 aliphatic heterocycles. The van der Waals surface area contributed by atoms with Crippen molar-refractivity contribution >= 4 is 0 Å². The molecule has 0 aromatic carbocycles. The highest BCUT2D eigenvalue weighted by Gasteiger charge is 2.03. The normalized spacial score (nSPS) is 13.0. The van der Waals surface area contributed by atoms with Gasteiger partial charge in [0.25, 0.3) is 0 Å². The SMILES string of the molecule is CCCCCCC[C@@H](CC)NCCCC. The maximum atomic E-state index is 3.66. The molecular weight excluding hydrogens is 182 g/mol. The van der Waals surface area contributed by atoms with Gasteiger partial charge in [-0.25, -0.2) is 0 Å². The molecule has 0 aliphatic carbocycles. The summed E-state index contributed by atoms with van der Waals surface area (Å²) in [5.41, 5.74) is 0. The lowest BCUT2D eigenvalue weighted by Crippen LogP contribution is -2.29. The second-order valence-corrected chi connectivity index (χ2v) is 4.62. The van der Waals surface area contributed by atoms with Gasteiger partial charge in [0.05, 0.1) is 0 Å². The van der Waals surface area contributed by atoms with Gasteiger partial charge in [0.1, 0.15) is 0 Å². The van der Waals surface area contributed by atoms with Gasteiger partial charge in [0.15, 0.2) is 0 Å². The molecule has 1 nitrogen and oxygen atoms in total. The third kappa shape index (κ3) is 10.2. The Bertz CT molecular complexity index is 112. The maximum Gasteiger partial charge on any atom is 0.00644 e. The summed E-state index contributed by atoms with van der Waals surface area (Å²) in [5, 5.41) is 3.66. The van der Waals surface area contributed by atoms with Gasteiger partial charge in [-0.2, -0.15) is 0 Å². The first-order valence-electron chi connectivity index (χ1n) is 7.08. The van der Waals surface area contributed by atoms with Gasteiger partial charge in [-0.15, -0.1) is 0 Å². The number of unbranched alkanes of at least 4 members (excludes halogenated alkanes) is 5. The van der Waals surface area contributed by atoms with Gasteiger partial charge in [0, 0.05) is 6.04 Å². The second-order valence-electron chi connectivity index (χ2n) is 4.62. The van der Waals surface area contributed by atoms with Crippen LogP contribution in [0.5, 0.6) is 0 Å². The quantitative estimate of drug-likeness (QED) is 0.498. The van der Waals surface area contributed by atoms with Crippen LogP contribution in [0, 0.1) is 0 Å². The third-order valence-electron chi connectivity index (χ3n) is 3.11. The third-order valence-corrected chi connectivity index (χ3v) is 3.11. The summed E-state index contributed by atoms with van der Waals surface area (Å²) in [6.45, 7) is 8.05. The van der Waals surface area contributed by atoms with E-state index in [1.165, 1.54) is 64.3 Å². The van der Waals surface area contributed by atoms with Crippen molar-refractivity contribution in [3.63, 3.8) is 0 Å². The first-order valence-corrected chi connectivity index (χ1v) is 7.08. The van der Waals surface area contributed by atoms with E-state index in [1.54, 1.807) is 0 Å². The molecular formula is C14H31N. The average molecular weight is 213 g/mol. The van der Waals surface area contributed by atoms with Crippen molar-refractivity contribution in [3.8, 4) is 0 Å². The van der Waals surface area contributed by atoms with Gasteiger partial charge in [-0.05, 0) is 25.8 Å². The molecule has 0 spiro atoms. The molecule has 0 aromatic heterocycles. The van der Waals surface area contributed by atoms with Crippen LogP contribution in [0.4, 0.5) is 0 Å². The molecule has 0 heterocycles. The standard InChI is InChI=1S/C14H31N/c1-4-7-9-10-11-12-14(6-3)15-13-8-5-2/h14-15H,4-13H2,1-3H3/t14-/m1/s1. The van der Waals surface area contributed by atoms with E-state index in [0.717, 1.165) is 6.04 Å². The maximum absolute atomic E-state index is 3.66. The summed E-state index contributed by atoms with van der Waals surface area (Å²) in [7, 11) is 0. The van der Waals surface area contributed by atoms with Crippen molar-refractivity contribution in [2.45, 2.75) is 84.6 Å². The molecule has 0 aromatic rings. The fraction of sp³-hybridized carbons (Fsp3) is 1.00. The van der Waals surface area contributed by atoms with Crippen molar-refractivity contribution in [1.82, 2.24) is 5.32 Å². The van der Waals surface area contributed by atoms with Crippen LogP contribution in [0.1, 0.15) is 78.6 Å². The lowest BCUT2D eigenvalue weighted by atomic mass is 10.0. The Kier molecular flexibility index (Phi) is 12.0. The monoisotopic (exact) mass is 213 g/mol. The molecule has 0 saturated heterocycles. The Labute approximate surface area is 97.0 Å². The number of hydrogen-bond acceptors (Lipinski definition) is 1. The zero-order valence-electron chi connectivity index (χ0n) is 11.1. The van der Waals surface area contributed by atoms with Crippen LogP contribution in [0.3, 0.4) is 0 Å². The summed E-state index contributed by atoms with van der Waals surface area (Å²) in [6.07, 6.45) is 12.3. The smallest absolute Gasteiger partial charge is 0.00644 e. The van der Waals surface area contributed by atoms with Gasteiger partial charge in [-0.3, -0.25) is 0 Å². The van der Waals surface area contributed by atoms with Crippen molar-refractivity contribution in [2.75, 3.05) is 6.54 Å². The molecule has 1 atom stereocenters. The molecule has 0 aliphatic rings. The molecule has 0 unspecified atom stereocenters. The minimum atomic E-state index is 0.776. The van der Waals surface area contributed by atoms with Gasteiger partial charge in [-0.1, -0.05) is 59.3 Å². The topological polar surface area (TPSA) is 12.0 Å². The minimum absolute atomic E-state index is 0.776. The largest absolute Gasteiger partial charge is 0.314 e. The van der Waals surface area contributed by atoms with Crippen molar-refractivity contribution < 1.29 is 0 Å². The van der Waals surface area contributed by atoms with E-state index < -0.39 is 0 Å². The van der Waals surface area contributed by atoms with E-state index in [2.05, 4.69) is 26.1 Å². The summed E-state index contributed by atoms with van der Waals surface area (Å²) < 4.78 is 0. The highest BCUT2D eigenvalue weighted by atomic mass is 14.9. The average Bonchev–Trinajstić information content (AvgIpc) is 2.26. The Morgan fingerprint density at radius 1 is 0.800 bits per heavy atom. The van der Waals surface area contributed by atoms with Gasteiger partial charge < -0.3 is 5.32 Å². The van der Waals surface area contributed by atoms with Crippen LogP contribution in [-0.4, -0.2) is 12.6 Å². The number of hydrogen-bond donors (Lipinski definition) is 1. The lowest BCUT2D eigenvalue weighted by molar-refractivity contribution is 0.439. The zero-order valence-corrected chi connectivity index (χ0v) is 11.1. The lowest BCUT2D eigenvalue weighted by Gasteiger charge is -2.16. The molecule has 0 bridgehead atoms. The summed E-state index contributed by atoms with van der Waals surface area (Å²) in [4.78, 5) is 0. The molecule has 0 saturated carbocycles. The van der Waals surface area contributed by atoms with E-state index in [4.69, 9.17) is 0 Å². The molecule has 1 heteroatoms. The van der Waals surface area contributed by atoms with Crippen LogP contribution in [0.2, 0.25) is 0 Å². The first kappa shape index (κ1) is 15.0. The van der Waals surface area contributed by atoms with E-state index in [-0.39, 0.29) is 0 Å². The number of nitrogens with one attached hydrogen (secondary N) is 1. The van der Waals surface area contributed by atoms with Crippen molar-refractivity contribution in [1.29, 1.82) is 0 Å². The summed E-state index contributed by atoms with van der Waals surface area (Å²) in [5.74, 6) is 0. The Balaban J connectivity index is 3.28. The zero-order chi connectivity index (χ0) is 11.4. The van der Waals surface area contributed by atoms with Crippen LogP contribution >= 0.6 is 0 Å². The van der Waals surface area contributed by atoms with E-state index in [9.17, 15) is 0 Å². The first-order chi connectivity index (χ1) is 7.35. The summed E-state index contributed by atoms with van der Waals surface area (Å²) in [6, 6.07) is 0.776. The predicted molar refractivity (Wildman–Crippen MR) is 70.4 cm³/mol. The second kappa shape index (κ2) is 12.0. The van der Waals surface area contributed by atoms with Gasteiger partial charge >= 0.3 is 0 Å². The molecule has 1 N–H and O–H groups in total. The Morgan fingerprint density at radius 2 is 1.47 bits per heavy atom. The highest BCUT2D eigenvalue weighted by Crippen LogP contribution is 2.09. The Hall–Kier alpha value is -0.0400. The molecule has 0 amide bonds. The van der Waals surface area contributed by atoms with E-state index in [1.807, 2.05) is 0 Å². The predicted octanol–water partition coefficient (Wildman–Crippen LogP) is 4.52. The van der Waals surface area contributed by atoms with Crippen LogP contribution in [0.15, 0.2) is 0 Å². The molecule has 15 heavy (non-hydrogen) atoms. The molecule has 0 radical (unpaired) electrons. The summed E-state index contributed by atoms with van der Waals surface area (Å²) >= 11 is 0. The van der Waals surface area contributed by atoms with Crippen LogP contribution in [0.25, 0.3) is 0 Å². The molecule has 0 rings (SSSR count). The number of rotatable bonds is 11.